The number of hydrogen-bond donors (Lipinski definition) is 2. The summed E-state index contributed by atoms with van der Waals surface area (Å²) in [6.07, 6.45) is 10.0. The summed E-state index contributed by atoms with van der Waals surface area (Å²) in [5.74, 6) is -0.248. The molecular weight excluding hydrogens is 338 g/mol. The lowest BCUT2D eigenvalue weighted by Crippen LogP contribution is -2.50. The van der Waals surface area contributed by atoms with Crippen molar-refractivity contribution < 1.29 is 9.59 Å². The third kappa shape index (κ3) is 4.75. The molecule has 2 aliphatic rings. The number of amides is 2. The predicted octanol–water partition coefficient (Wildman–Crippen LogP) is 3.69. The molecule has 0 aromatic heterocycles. The number of halogens is 1. The van der Waals surface area contributed by atoms with Gasteiger partial charge in [-0.2, -0.15) is 0 Å². The lowest BCUT2D eigenvalue weighted by atomic mass is 9.96. The minimum Gasteiger partial charge on any atom is -0.348 e. The number of nitrogens with zero attached hydrogens (tertiary/aromatic N) is 1. The first-order valence-electron chi connectivity index (χ1n) is 9.00. The van der Waals surface area contributed by atoms with Gasteiger partial charge in [-0.15, -0.1) is 0 Å². The molecule has 1 aliphatic heterocycles. The lowest BCUT2D eigenvalue weighted by Gasteiger charge is -2.29. The fourth-order valence-corrected chi connectivity index (χ4v) is 3.44. The van der Waals surface area contributed by atoms with Crippen molar-refractivity contribution in [1.29, 1.82) is 0 Å². The molecule has 1 aromatic rings. The second-order valence-electron chi connectivity index (χ2n) is 6.65. The van der Waals surface area contributed by atoms with E-state index in [-0.39, 0.29) is 24.3 Å². The van der Waals surface area contributed by atoms with Crippen molar-refractivity contribution in [2.24, 2.45) is 0 Å². The van der Waals surface area contributed by atoms with Crippen LogP contribution in [0, 0.1) is 0 Å². The number of carbonyl (C=O) groups excluding carboxylic acids is 2. The van der Waals surface area contributed by atoms with Gasteiger partial charge in [0.05, 0.1) is 5.69 Å². The molecular formula is C19H24ClN3O2. The molecule has 2 amide bonds. The lowest BCUT2D eigenvalue weighted by molar-refractivity contribution is -0.120. The van der Waals surface area contributed by atoms with Gasteiger partial charge in [0.15, 0.2) is 0 Å². The highest BCUT2D eigenvalue weighted by molar-refractivity contribution is 6.30. The summed E-state index contributed by atoms with van der Waals surface area (Å²) in [5.41, 5.74) is 4.04. The van der Waals surface area contributed by atoms with E-state index < -0.39 is 0 Å². The Morgan fingerprint density at radius 3 is 2.40 bits per heavy atom. The van der Waals surface area contributed by atoms with E-state index in [0.717, 1.165) is 25.7 Å². The highest BCUT2D eigenvalue weighted by Gasteiger charge is 2.25. The number of hydrazine groups is 1. The number of hydrogen-bond acceptors (Lipinski definition) is 3. The van der Waals surface area contributed by atoms with Crippen molar-refractivity contribution in [3.63, 3.8) is 0 Å². The molecule has 0 atom stereocenters. The van der Waals surface area contributed by atoms with Gasteiger partial charge in [0.2, 0.25) is 5.91 Å². The molecule has 1 saturated carbocycles. The third-order valence-corrected chi connectivity index (χ3v) is 4.98. The average Bonchev–Trinajstić information content (AvgIpc) is 2.58. The van der Waals surface area contributed by atoms with E-state index >= 15 is 0 Å². The summed E-state index contributed by atoms with van der Waals surface area (Å²) in [7, 11) is 0. The monoisotopic (exact) mass is 361 g/mol. The highest BCUT2D eigenvalue weighted by atomic mass is 35.5. The molecule has 1 heterocycles. The van der Waals surface area contributed by atoms with Crippen molar-refractivity contribution in [3.8, 4) is 0 Å². The third-order valence-electron chi connectivity index (χ3n) is 4.73. The fraction of sp³-hybridized carbons (Fsp3) is 0.474. The molecule has 25 heavy (non-hydrogen) atoms. The molecule has 3 rings (SSSR count). The summed E-state index contributed by atoms with van der Waals surface area (Å²) in [6.45, 7) is 0. The van der Waals surface area contributed by atoms with Gasteiger partial charge in [0, 0.05) is 17.5 Å². The van der Waals surface area contributed by atoms with Crippen molar-refractivity contribution >= 4 is 29.1 Å². The van der Waals surface area contributed by atoms with Crippen LogP contribution in [0.25, 0.3) is 0 Å². The van der Waals surface area contributed by atoms with E-state index in [0.29, 0.717) is 16.4 Å². The van der Waals surface area contributed by atoms with Crippen molar-refractivity contribution in [2.75, 3.05) is 5.01 Å². The van der Waals surface area contributed by atoms with Crippen molar-refractivity contribution in [3.05, 3.63) is 41.1 Å². The van der Waals surface area contributed by atoms with Gasteiger partial charge in [-0.05, 0) is 43.2 Å². The Bertz CT molecular complexity index is 649. The summed E-state index contributed by atoms with van der Waals surface area (Å²) in [4.78, 5) is 24.8. The highest BCUT2D eigenvalue weighted by Crippen LogP contribution is 2.21. The predicted molar refractivity (Wildman–Crippen MR) is 99.0 cm³/mol. The van der Waals surface area contributed by atoms with E-state index in [4.69, 9.17) is 11.6 Å². The number of rotatable bonds is 3. The van der Waals surface area contributed by atoms with Gasteiger partial charge < -0.3 is 5.32 Å². The van der Waals surface area contributed by atoms with Gasteiger partial charge in [-0.25, -0.2) is 5.01 Å². The maximum Gasteiger partial charge on any atom is 0.269 e. The Hall–Kier alpha value is -2.01. The van der Waals surface area contributed by atoms with Crippen LogP contribution in [0.2, 0.25) is 5.02 Å². The molecule has 0 saturated heterocycles. The SMILES string of the molecule is O=C(NC1CCCCCCC1)C1=CCC(=O)N(c2ccc(Cl)cc2)N1. The summed E-state index contributed by atoms with van der Waals surface area (Å²) < 4.78 is 0. The Balaban J connectivity index is 1.64. The van der Waals surface area contributed by atoms with Gasteiger partial charge in [0.25, 0.3) is 5.91 Å². The second kappa shape index (κ2) is 8.39. The van der Waals surface area contributed by atoms with Gasteiger partial charge in [0.1, 0.15) is 5.70 Å². The van der Waals surface area contributed by atoms with Crippen LogP contribution in [0.15, 0.2) is 36.0 Å². The number of anilines is 1. The molecule has 6 heteroatoms. The van der Waals surface area contributed by atoms with Crippen LogP contribution in [0.3, 0.4) is 0 Å². The number of carbonyl (C=O) groups is 2. The van der Waals surface area contributed by atoms with Crippen LogP contribution in [0.1, 0.15) is 51.4 Å². The number of nitrogens with one attached hydrogen (secondary N) is 2. The van der Waals surface area contributed by atoms with Crippen LogP contribution in [0.4, 0.5) is 5.69 Å². The van der Waals surface area contributed by atoms with Gasteiger partial charge >= 0.3 is 0 Å². The molecule has 0 radical (unpaired) electrons. The second-order valence-corrected chi connectivity index (χ2v) is 7.09. The molecule has 1 aliphatic carbocycles. The van der Waals surface area contributed by atoms with Crippen LogP contribution in [-0.4, -0.2) is 17.9 Å². The largest absolute Gasteiger partial charge is 0.348 e. The smallest absolute Gasteiger partial charge is 0.269 e. The van der Waals surface area contributed by atoms with Crippen LogP contribution >= 0.6 is 11.6 Å². The first-order valence-corrected chi connectivity index (χ1v) is 9.37. The van der Waals surface area contributed by atoms with Gasteiger partial charge in [-0.1, -0.05) is 43.7 Å². The van der Waals surface area contributed by atoms with Gasteiger partial charge in [-0.3, -0.25) is 15.0 Å². The molecule has 0 unspecified atom stereocenters. The van der Waals surface area contributed by atoms with Crippen LogP contribution in [0.5, 0.6) is 0 Å². The van der Waals surface area contributed by atoms with Crippen LogP contribution < -0.4 is 15.8 Å². The maximum absolute atomic E-state index is 12.6. The van der Waals surface area contributed by atoms with Crippen LogP contribution in [-0.2, 0) is 9.59 Å². The Morgan fingerprint density at radius 1 is 1.08 bits per heavy atom. The van der Waals surface area contributed by atoms with Crippen molar-refractivity contribution in [2.45, 2.75) is 57.4 Å². The quantitative estimate of drug-likeness (QED) is 0.863. The molecule has 0 bridgehead atoms. The van der Waals surface area contributed by atoms with Crippen molar-refractivity contribution in [1.82, 2.24) is 10.7 Å². The Labute approximate surface area is 153 Å². The minimum atomic E-state index is -0.142. The summed E-state index contributed by atoms with van der Waals surface area (Å²) >= 11 is 5.90. The zero-order chi connectivity index (χ0) is 17.6. The Morgan fingerprint density at radius 2 is 1.72 bits per heavy atom. The van der Waals surface area contributed by atoms with E-state index in [9.17, 15) is 9.59 Å². The van der Waals surface area contributed by atoms with E-state index in [2.05, 4.69) is 10.7 Å². The fourth-order valence-electron chi connectivity index (χ4n) is 3.31. The molecule has 1 aromatic carbocycles. The average molecular weight is 362 g/mol. The summed E-state index contributed by atoms with van der Waals surface area (Å²) in [5, 5.41) is 5.13. The first-order chi connectivity index (χ1) is 12.1. The molecule has 134 valence electrons. The zero-order valence-corrected chi connectivity index (χ0v) is 15.0. The van der Waals surface area contributed by atoms with E-state index in [1.54, 1.807) is 30.3 Å². The normalized spacial score (nSPS) is 19.5. The van der Waals surface area contributed by atoms with E-state index in [1.165, 1.54) is 24.3 Å². The zero-order valence-electron chi connectivity index (χ0n) is 14.3. The minimum absolute atomic E-state index is 0.107. The van der Waals surface area contributed by atoms with E-state index in [1.807, 2.05) is 0 Å². The maximum atomic E-state index is 12.6. The molecule has 0 spiro atoms. The summed E-state index contributed by atoms with van der Waals surface area (Å²) in [6, 6.07) is 7.17. The molecule has 1 fully saturated rings. The Kier molecular flexibility index (Phi) is 5.97. The first kappa shape index (κ1) is 17.8. The standard InChI is InChI=1S/C19H24ClN3O2/c20-14-8-10-16(11-9-14)23-18(24)13-12-17(22-23)19(25)21-15-6-4-2-1-3-5-7-15/h8-12,15,22H,1-7,13H2,(H,21,25). The molecule has 2 N–H and O–H groups in total. The number of benzene rings is 1. The molecule has 5 nitrogen and oxygen atoms in total. The topological polar surface area (TPSA) is 61.4 Å².